The number of benzene rings is 1. The van der Waals surface area contributed by atoms with Gasteiger partial charge < -0.3 is 14.1 Å². The van der Waals surface area contributed by atoms with Gasteiger partial charge in [0.25, 0.3) is 0 Å². The van der Waals surface area contributed by atoms with E-state index in [2.05, 4.69) is 17.1 Å². The number of rotatable bonds is 4. The van der Waals surface area contributed by atoms with Crippen molar-refractivity contribution >= 4 is 11.9 Å². The summed E-state index contributed by atoms with van der Waals surface area (Å²) in [5.41, 5.74) is 1.56. The van der Waals surface area contributed by atoms with Crippen LogP contribution < -0.4 is 0 Å². The molecule has 2 fully saturated rings. The molecule has 2 aliphatic heterocycles. The van der Waals surface area contributed by atoms with Crippen LogP contribution in [0.4, 0.5) is 0 Å². The molecular weight excluding hydrogens is 368 g/mol. The van der Waals surface area contributed by atoms with Crippen LogP contribution in [-0.2, 0) is 40.1 Å². The Hall–Kier alpha value is -2.63. The van der Waals surface area contributed by atoms with E-state index >= 15 is 0 Å². The Bertz CT molecular complexity index is 914. The highest BCUT2D eigenvalue weighted by atomic mass is 16.6. The van der Waals surface area contributed by atoms with Gasteiger partial charge in [0.05, 0.1) is 18.9 Å². The fraction of sp³-hybridized carbons (Fsp3) is 0.522. The summed E-state index contributed by atoms with van der Waals surface area (Å²) in [5, 5.41) is 0. The quantitative estimate of drug-likeness (QED) is 0.745. The van der Waals surface area contributed by atoms with Crippen LogP contribution >= 0.6 is 0 Å². The first-order valence-electron chi connectivity index (χ1n) is 10.6. The third-order valence-electron chi connectivity index (χ3n) is 6.62. The summed E-state index contributed by atoms with van der Waals surface area (Å²) >= 11 is 0. The molecule has 6 nitrogen and oxygen atoms in total. The minimum absolute atomic E-state index is 0.0391. The van der Waals surface area contributed by atoms with Crippen LogP contribution in [0.2, 0.25) is 0 Å². The van der Waals surface area contributed by atoms with Crippen molar-refractivity contribution < 1.29 is 18.7 Å². The van der Waals surface area contributed by atoms with Crippen molar-refractivity contribution in [1.82, 2.24) is 9.88 Å². The van der Waals surface area contributed by atoms with Crippen LogP contribution in [-0.4, -0.2) is 33.9 Å². The highest BCUT2D eigenvalue weighted by Crippen LogP contribution is 2.46. The largest absolute Gasteiger partial charge is 0.458 e. The first kappa shape index (κ1) is 18.4. The maximum atomic E-state index is 13.3. The summed E-state index contributed by atoms with van der Waals surface area (Å²) in [5.74, 6) is 1.10. The predicted octanol–water partition coefficient (Wildman–Crippen LogP) is 3.22. The maximum absolute atomic E-state index is 13.3. The van der Waals surface area contributed by atoms with E-state index in [4.69, 9.17) is 9.15 Å². The summed E-state index contributed by atoms with van der Waals surface area (Å²) < 4.78 is 11.6. The van der Waals surface area contributed by atoms with E-state index in [9.17, 15) is 9.59 Å². The monoisotopic (exact) mass is 394 g/mol. The van der Waals surface area contributed by atoms with Crippen LogP contribution in [0, 0.1) is 5.92 Å². The zero-order chi connectivity index (χ0) is 19.8. The fourth-order valence-corrected chi connectivity index (χ4v) is 5.09. The van der Waals surface area contributed by atoms with Crippen molar-refractivity contribution in [3.8, 4) is 0 Å². The Balaban J connectivity index is 1.26. The average molecular weight is 394 g/mol. The van der Waals surface area contributed by atoms with E-state index in [1.165, 1.54) is 5.56 Å². The number of hydrogen-bond donors (Lipinski definition) is 0. The molecule has 152 valence electrons. The molecule has 0 N–H and O–H groups in total. The molecule has 0 bridgehead atoms. The van der Waals surface area contributed by atoms with E-state index < -0.39 is 5.60 Å². The highest BCUT2D eigenvalue weighted by molar-refractivity contribution is 5.88. The number of nitrogens with zero attached hydrogens (tertiary/aromatic N) is 2. The Morgan fingerprint density at radius 1 is 1.17 bits per heavy atom. The van der Waals surface area contributed by atoms with Gasteiger partial charge in [-0.1, -0.05) is 30.3 Å². The molecule has 2 aromatic rings. The molecular formula is C23H26N2O4. The van der Waals surface area contributed by atoms with Gasteiger partial charge in [-0.2, -0.15) is 0 Å². The summed E-state index contributed by atoms with van der Waals surface area (Å²) in [4.78, 5) is 31.8. The standard InChI is InChI=1S/C23H26N2O4/c26-21-14-17(23(29-21)11-4-5-12-23)22(27)25-13-10-19-18(15-25)24-20(28-19)9-8-16-6-2-1-3-7-16/h1-3,6-7,17H,4-5,8-15H2. The zero-order valence-corrected chi connectivity index (χ0v) is 16.6. The molecule has 3 aliphatic rings. The summed E-state index contributed by atoms with van der Waals surface area (Å²) in [6, 6.07) is 10.3. The third-order valence-corrected chi connectivity index (χ3v) is 6.62. The predicted molar refractivity (Wildman–Crippen MR) is 105 cm³/mol. The normalized spacial score (nSPS) is 22.7. The van der Waals surface area contributed by atoms with Gasteiger partial charge >= 0.3 is 5.97 Å². The summed E-state index contributed by atoms with van der Waals surface area (Å²) in [7, 11) is 0. The molecule has 5 rings (SSSR count). The van der Waals surface area contributed by atoms with Crippen molar-refractivity contribution in [3.63, 3.8) is 0 Å². The van der Waals surface area contributed by atoms with Crippen LogP contribution in [0.1, 0.15) is 55.0 Å². The zero-order valence-electron chi connectivity index (χ0n) is 16.6. The van der Waals surface area contributed by atoms with Crippen LogP contribution in [0.3, 0.4) is 0 Å². The van der Waals surface area contributed by atoms with Gasteiger partial charge in [0.2, 0.25) is 5.91 Å². The molecule has 1 aliphatic carbocycles. The smallest absolute Gasteiger partial charge is 0.307 e. The van der Waals surface area contributed by atoms with Crippen LogP contribution in [0.25, 0.3) is 0 Å². The van der Waals surface area contributed by atoms with Crippen LogP contribution in [0.5, 0.6) is 0 Å². The van der Waals surface area contributed by atoms with Gasteiger partial charge in [0.15, 0.2) is 5.89 Å². The highest BCUT2D eigenvalue weighted by Gasteiger charge is 2.55. The second-order valence-corrected chi connectivity index (χ2v) is 8.48. The molecule has 1 unspecified atom stereocenters. The molecule has 1 atom stereocenters. The van der Waals surface area contributed by atoms with Crippen molar-refractivity contribution in [3.05, 3.63) is 53.2 Å². The number of fused-ring (bicyclic) bond motifs is 1. The fourth-order valence-electron chi connectivity index (χ4n) is 5.09. The van der Waals surface area contributed by atoms with Gasteiger partial charge in [0.1, 0.15) is 17.1 Å². The van der Waals surface area contributed by atoms with E-state index in [0.29, 0.717) is 19.5 Å². The van der Waals surface area contributed by atoms with Crippen LogP contribution in [0.15, 0.2) is 34.7 Å². The average Bonchev–Trinajstić information content (AvgIpc) is 3.45. The number of oxazole rings is 1. The number of carbonyl (C=O) groups excluding carboxylic acids is 2. The second kappa shape index (κ2) is 7.32. The lowest BCUT2D eigenvalue weighted by atomic mass is 9.84. The lowest BCUT2D eigenvalue weighted by Gasteiger charge is -2.33. The Kier molecular flexibility index (Phi) is 4.64. The van der Waals surface area contributed by atoms with Crippen molar-refractivity contribution in [1.29, 1.82) is 0 Å². The molecule has 1 aromatic heterocycles. The first-order valence-corrected chi connectivity index (χ1v) is 10.6. The summed E-state index contributed by atoms with van der Waals surface area (Å²) in [6.07, 6.45) is 6.18. The van der Waals surface area contributed by atoms with Gasteiger partial charge in [-0.3, -0.25) is 9.59 Å². The van der Waals surface area contributed by atoms with Crippen molar-refractivity contribution in [2.75, 3.05) is 6.54 Å². The van der Waals surface area contributed by atoms with Gasteiger partial charge in [-0.15, -0.1) is 0 Å². The molecule has 0 radical (unpaired) electrons. The lowest BCUT2D eigenvalue weighted by molar-refractivity contribution is -0.152. The maximum Gasteiger partial charge on any atom is 0.307 e. The SMILES string of the molecule is O=C1CC(C(=O)N2CCc3oc(CCc4ccccc4)nc3C2)C2(CCCC2)O1. The number of hydrogen-bond acceptors (Lipinski definition) is 5. The van der Waals surface area contributed by atoms with E-state index in [0.717, 1.165) is 55.9 Å². The minimum atomic E-state index is -0.556. The number of ether oxygens (including phenoxy) is 1. The molecule has 6 heteroatoms. The van der Waals surface area contributed by atoms with Gasteiger partial charge in [-0.25, -0.2) is 4.98 Å². The molecule has 1 saturated heterocycles. The molecule has 3 heterocycles. The number of aromatic nitrogens is 1. The van der Waals surface area contributed by atoms with Crippen molar-refractivity contribution in [2.45, 2.75) is 63.5 Å². The van der Waals surface area contributed by atoms with E-state index in [1.54, 1.807) is 0 Å². The molecule has 1 amide bonds. The topological polar surface area (TPSA) is 72.6 Å². The third kappa shape index (κ3) is 3.45. The Morgan fingerprint density at radius 3 is 2.76 bits per heavy atom. The molecule has 1 saturated carbocycles. The first-order chi connectivity index (χ1) is 14.1. The Labute approximate surface area is 170 Å². The number of amides is 1. The minimum Gasteiger partial charge on any atom is -0.458 e. The summed E-state index contributed by atoms with van der Waals surface area (Å²) in [6.45, 7) is 1.07. The number of carbonyl (C=O) groups is 2. The Morgan fingerprint density at radius 2 is 1.97 bits per heavy atom. The molecule has 29 heavy (non-hydrogen) atoms. The lowest BCUT2D eigenvalue weighted by Crippen LogP contribution is -2.46. The van der Waals surface area contributed by atoms with E-state index in [1.807, 2.05) is 23.1 Å². The number of esters is 1. The van der Waals surface area contributed by atoms with Gasteiger partial charge in [0, 0.05) is 19.4 Å². The van der Waals surface area contributed by atoms with Crippen molar-refractivity contribution in [2.24, 2.45) is 5.92 Å². The molecule has 1 aromatic carbocycles. The number of aryl methyl sites for hydroxylation is 2. The van der Waals surface area contributed by atoms with Gasteiger partial charge in [-0.05, 0) is 37.7 Å². The second-order valence-electron chi connectivity index (χ2n) is 8.48. The molecule has 1 spiro atoms. The van der Waals surface area contributed by atoms with E-state index in [-0.39, 0.29) is 24.2 Å².